The van der Waals surface area contributed by atoms with E-state index >= 15 is 0 Å². The van der Waals surface area contributed by atoms with E-state index < -0.39 is 0 Å². The molecule has 0 heterocycles. The second-order valence-electron chi connectivity index (χ2n) is 2.74. The second kappa shape index (κ2) is 12.6. The van der Waals surface area contributed by atoms with Crippen LogP contribution in [-0.4, -0.2) is 50.9 Å². The standard InChI is InChI=1S/C8H21IN4/c1-10-2-3-11-4-5-12-6-7-13-8-9/h10-13H,2-8H2,1H3. The van der Waals surface area contributed by atoms with Gasteiger partial charge in [0.15, 0.2) is 0 Å². The summed E-state index contributed by atoms with van der Waals surface area (Å²) in [6.07, 6.45) is 0. The molecule has 4 nitrogen and oxygen atoms in total. The van der Waals surface area contributed by atoms with Crippen molar-refractivity contribution in [3.05, 3.63) is 0 Å². The molecule has 0 atom stereocenters. The van der Waals surface area contributed by atoms with Crippen molar-refractivity contribution in [3.63, 3.8) is 0 Å². The van der Waals surface area contributed by atoms with Crippen molar-refractivity contribution in [2.75, 3.05) is 50.9 Å². The Morgan fingerprint density at radius 2 is 1.23 bits per heavy atom. The smallest absolute Gasteiger partial charge is 0.0480 e. The molecular weight excluding hydrogens is 279 g/mol. The third-order valence-corrected chi connectivity index (χ3v) is 2.14. The lowest BCUT2D eigenvalue weighted by molar-refractivity contribution is 0.589. The van der Waals surface area contributed by atoms with Crippen LogP contribution in [0.5, 0.6) is 0 Å². The first-order valence-electron chi connectivity index (χ1n) is 4.74. The summed E-state index contributed by atoms with van der Waals surface area (Å²) in [7, 11) is 1.97. The lowest BCUT2D eigenvalue weighted by Crippen LogP contribution is -2.34. The van der Waals surface area contributed by atoms with E-state index in [4.69, 9.17) is 0 Å². The van der Waals surface area contributed by atoms with Gasteiger partial charge in [-0.15, -0.1) is 0 Å². The van der Waals surface area contributed by atoms with Gasteiger partial charge in [0.05, 0.1) is 0 Å². The van der Waals surface area contributed by atoms with E-state index in [-0.39, 0.29) is 0 Å². The van der Waals surface area contributed by atoms with Gasteiger partial charge < -0.3 is 21.3 Å². The maximum Gasteiger partial charge on any atom is 0.0480 e. The monoisotopic (exact) mass is 300 g/mol. The van der Waals surface area contributed by atoms with E-state index in [1.54, 1.807) is 0 Å². The molecular formula is C8H21IN4. The van der Waals surface area contributed by atoms with Crippen LogP contribution in [-0.2, 0) is 0 Å². The van der Waals surface area contributed by atoms with E-state index in [2.05, 4.69) is 43.9 Å². The molecule has 0 rings (SSSR count). The number of hydrogen-bond donors (Lipinski definition) is 4. The molecule has 0 aliphatic carbocycles. The minimum Gasteiger partial charge on any atom is -0.318 e. The minimum atomic E-state index is 1.03. The van der Waals surface area contributed by atoms with Crippen LogP contribution in [0, 0.1) is 0 Å². The molecule has 13 heavy (non-hydrogen) atoms. The fraction of sp³-hybridized carbons (Fsp3) is 1.00. The van der Waals surface area contributed by atoms with Crippen molar-refractivity contribution in [2.45, 2.75) is 0 Å². The van der Waals surface area contributed by atoms with Crippen LogP contribution in [0.4, 0.5) is 0 Å². The van der Waals surface area contributed by atoms with E-state index in [9.17, 15) is 0 Å². The Balaban J connectivity index is 2.76. The molecule has 0 aromatic rings. The molecule has 0 aromatic carbocycles. The summed E-state index contributed by atoms with van der Waals surface area (Å²) in [6, 6.07) is 0. The Morgan fingerprint density at radius 3 is 1.69 bits per heavy atom. The van der Waals surface area contributed by atoms with Crippen LogP contribution in [0.2, 0.25) is 0 Å². The predicted molar refractivity (Wildman–Crippen MR) is 66.6 cm³/mol. The lowest BCUT2D eigenvalue weighted by atomic mass is 10.5. The van der Waals surface area contributed by atoms with Gasteiger partial charge >= 0.3 is 0 Å². The van der Waals surface area contributed by atoms with Crippen molar-refractivity contribution < 1.29 is 0 Å². The maximum atomic E-state index is 3.35. The first-order valence-corrected chi connectivity index (χ1v) is 6.27. The molecule has 0 saturated heterocycles. The van der Waals surface area contributed by atoms with Crippen LogP contribution in [0.1, 0.15) is 0 Å². The number of alkyl halides is 1. The number of likely N-dealkylation sites (N-methyl/N-ethyl adjacent to an activating group) is 1. The predicted octanol–water partition coefficient (Wildman–Crippen LogP) is -0.633. The Bertz CT molecular complexity index is 82.2. The highest BCUT2D eigenvalue weighted by atomic mass is 127. The quantitative estimate of drug-likeness (QED) is 0.188. The molecule has 0 bridgehead atoms. The summed E-state index contributed by atoms with van der Waals surface area (Å²) < 4.78 is 1.03. The Labute approximate surface area is 94.8 Å². The highest BCUT2D eigenvalue weighted by Crippen LogP contribution is 1.70. The first-order chi connectivity index (χ1) is 6.41. The maximum absolute atomic E-state index is 3.35. The zero-order valence-corrected chi connectivity index (χ0v) is 10.5. The molecule has 4 N–H and O–H groups in total. The molecule has 80 valence electrons. The van der Waals surface area contributed by atoms with E-state index in [1.807, 2.05) is 7.05 Å². The first kappa shape index (κ1) is 13.6. The molecule has 0 aliphatic heterocycles. The van der Waals surface area contributed by atoms with Crippen LogP contribution >= 0.6 is 22.6 Å². The Kier molecular flexibility index (Phi) is 13.1. The lowest BCUT2D eigenvalue weighted by Gasteiger charge is -2.06. The highest BCUT2D eigenvalue weighted by Gasteiger charge is 1.87. The summed E-state index contributed by atoms with van der Waals surface area (Å²) in [5.41, 5.74) is 0. The van der Waals surface area contributed by atoms with E-state index in [0.717, 1.165) is 43.8 Å². The van der Waals surface area contributed by atoms with E-state index in [0.29, 0.717) is 0 Å². The molecule has 0 fully saturated rings. The molecule has 0 saturated carbocycles. The van der Waals surface area contributed by atoms with Gasteiger partial charge in [0.25, 0.3) is 0 Å². The average Bonchev–Trinajstić information content (AvgIpc) is 2.16. The number of nitrogens with one attached hydrogen (secondary N) is 4. The zero-order chi connectivity index (χ0) is 9.78. The largest absolute Gasteiger partial charge is 0.318 e. The van der Waals surface area contributed by atoms with Crippen molar-refractivity contribution in [2.24, 2.45) is 0 Å². The summed E-state index contributed by atoms with van der Waals surface area (Å²) in [5.74, 6) is 0. The average molecular weight is 300 g/mol. The van der Waals surface area contributed by atoms with Crippen molar-refractivity contribution in [3.8, 4) is 0 Å². The Morgan fingerprint density at radius 1 is 0.769 bits per heavy atom. The number of rotatable bonds is 10. The van der Waals surface area contributed by atoms with Gasteiger partial charge in [0.1, 0.15) is 0 Å². The zero-order valence-electron chi connectivity index (χ0n) is 8.33. The number of halogens is 1. The van der Waals surface area contributed by atoms with Gasteiger partial charge in [-0.1, -0.05) is 22.6 Å². The third-order valence-electron chi connectivity index (χ3n) is 1.60. The van der Waals surface area contributed by atoms with Gasteiger partial charge in [-0.3, -0.25) is 0 Å². The molecule has 0 radical (unpaired) electrons. The van der Waals surface area contributed by atoms with E-state index in [1.165, 1.54) is 0 Å². The van der Waals surface area contributed by atoms with Crippen LogP contribution in [0.15, 0.2) is 0 Å². The molecule has 5 heteroatoms. The summed E-state index contributed by atoms with van der Waals surface area (Å²) in [5, 5.41) is 13.0. The molecule has 0 spiro atoms. The summed E-state index contributed by atoms with van der Waals surface area (Å²) in [6.45, 7) is 6.29. The summed E-state index contributed by atoms with van der Waals surface area (Å²) in [4.78, 5) is 0. The minimum absolute atomic E-state index is 1.03. The fourth-order valence-corrected chi connectivity index (χ4v) is 1.27. The normalized spacial score (nSPS) is 10.6. The van der Waals surface area contributed by atoms with Crippen LogP contribution < -0.4 is 21.3 Å². The Hall–Kier alpha value is 0.570. The summed E-state index contributed by atoms with van der Waals surface area (Å²) >= 11 is 2.31. The van der Waals surface area contributed by atoms with Gasteiger partial charge in [-0.2, -0.15) is 0 Å². The molecule has 0 aliphatic rings. The van der Waals surface area contributed by atoms with Crippen molar-refractivity contribution >= 4 is 22.6 Å². The number of hydrogen-bond acceptors (Lipinski definition) is 4. The van der Waals surface area contributed by atoms with Crippen LogP contribution in [0.25, 0.3) is 0 Å². The third kappa shape index (κ3) is 12.6. The SMILES string of the molecule is CNCCNCCNCCNCI. The van der Waals surface area contributed by atoms with Crippen molar-refractivity contribution in [1.82, 2.24) is 21.3 Å². The molecule has 0 aromatic heterocycles. The van der Waals surface area contributed by atoms with Gasteiger partial charge in [-0.05, 0) is 7.05 Å². The van der Waals surface area contributed by atoms with Gasteiger partial charge in [0.2, 0.25) is 0 Å². The van der Waals surface area contributed by atoms with Crippen LogP contribution in [0.3, 0.4) is 0 Å². The highest BCUT2D eigenvalue weighted by molar-refractivity contribution is 14.1. The second-order valence-corrected chi connectivity index (χ2v) is 3.50. The fourth-order valence-electron chi connectivity index (χ4n) is 0.884. The topological polar surface area (TPSA) is 48.1 Å². The molecule has 0 amide bonds. The van der Waals surface area contributed by atoms with Gasteiger partial charge in [-0.25, -0.2) is 0 Å². The van der Waals surface area contributed by atoms with Crippen molar-refractivity contribution in [1.29, 1.82) is 0 Å². The molecule has 0 unspecified atom stereocenters. The van der Waals surface area contributed by atoms with Gasteiger partial charge in [0, 0.05) is 43.8 Å².